The normalized spacial score (nSPS) is 10.6. The van der Waals surface area contributed by atoms with E-state index in [1.54, 1.807) is 0 Å². The van der Waals surface area contributed by atoms with Crippen molar-refractivity contribution in [3.8, 4) is 10.4 Å². The molecule has 2 aromatic rings. The molecule has 0 aliphatic carbocycles. The van der Waals surface area contributed by atoms with Gasteiger partial charge in [-0.3, -0.25) is 14.3 Å². The smallest absolute Gasteiger partial charge is 0.303 e. The first-order valence-electron chi connectivity index (χ1n) is 5.74. The molecule has 1 N–H and O–H groups in total. The lowest BCUT2D eigenvalue weighted by molar-refractivity contribution is -0.108. The van der Waals surface area contributed by atoms with Crippen molar-refractivity contribution >= 4 is 17.6 Å². The summed E-state index contributed by atoms with van der Waals surface area (Å²) in [5.41, 5.74) is 0.232. The van der Waals surface area contributed by atoms with Gasteiger partial charge in [0.05, 0.1) is 21.1 Å². The maximum absolute atomic E-state index is 11.9. The number of aryl methyl sites for hydroxylation is 3. The van der Waals surface area contributed by atoms with Gasteiger partial charge >= 0.3 is 5.69 Å². The molecule has 0 aliphatic heterocycles. The van der Waals surface area contributed by atoms with E-state index in [0.29, 0.717) is 5.56 Å². The van der Waals surface area contributed by atoms with Crippen LogP contribution in [0.2, 0.25) is 0 Å². The van der Waals surface area contributed by atoms with Gasteiger partial charge < -0.3 is 4.79 Å². The molecule has 0 saturated heterocycles. The monoisotopic (exact) mass is 279 g/mol. The van der Waals surface area contributed by atoms with E-state index in [-0.39, 0.29) is 13.0 Å². The average molecular weight is 279 g/mol. The molecule has 19 heavy (non-hydrogen) atoms. The number of aromatic nitrogens is 3. The minimum Gasteiger partial charge on any atom is -0.303 e. The molecule has 0 atom stereocenters. The number of aldehydes is 1. The first-order valence-corrected chi connectivity index (χ1v) is 6.56. The molecular weight excluding hydrogens is 266 g/mol. The highest BCUT2D eigenvalue weighted by molar-refractivity contribution is 7.15. The Kier molecular flexibility index (Phi) is 3.75. The number of hydrogen-bond acceptors (Lipinski definition) is 5. The molecule has 2 rings (SSSR count). The van der Waals surface area contributed by atoms with E-state index < -0.39 is 11.2 Å². The first kappa shape index (κ1) is 13.4. The Morgan fingerprint density at radius 3 is 2.74 bits per heavy atom. The summed E-state index contributed by atoms with van der Waals surface area (Å²) in [5.74, 6) is 0. The summed E-state index contributed by atoms with van der Waals surface area (Å²) in [4.78, 5) is 41.1. The topological polar surface area (TPSA) is 84.8 Å². The number of nitrogens with one attached hydrogen (secondary N) is 1. The van der Waals surface area contributed by atoms with Crippen molar-refractivity contribution in [2.45, 2.75) is 26.8 Å². The Labute approximate surface area is 112 Å². The third-order valence-electron chi connectivity index (χ3n) is 2.65. The third-order valence-corrected chi connectivity index (χ3v) is 3.75. The van der Waals surface area contributed by atoms with Crippen LogP contribution in [-0.2, 0) is 11.3 Å². The summed E-state index contributed by atoms with van der Waals surface area (Å²) in [6.45, 7) is 3.93. The van der Waals surface area contributed by atoms with Crippen LogP contribution in [0.4, 0.5) is 0 Å². The molecular formula is C12H13N3O3S. The van der Waals surface area contributed by atoms with E-state index in [4.69, 9.17) is 0 Å². The van der Waals surface area contributed by atoms with E-state index in [1.807, 2.05) is 13.8 Å². The quantitative estimate of drug-likeness (QED) is 0.841. The van der Waals surface area contributed by atoms with E-state index in [0.717, 1.165) is 21.9 Å². The molecule has 0 aliphatic rings. The summed E-state index contributed by atoms with van der Waals surface area (Å²) in [7, 11) is 0. The number of aromatic amines is 1. The first-order chi connectivity index (χ1) is 9.02. The van der Waals surface area contributed by atoms with Crippen LogP contribution in [0.1, 0.15) is 17.1 Å². The van der Waals surface area contributed by atoms with Crippen LogP contribution in [0.5, 0.6) is 0 Å². The Morgan fingerprint density at radius 2 is 2.16 bits per heavy atom. The summed E-state index contributed by atoms with van der Waals surface area (Å²) >= 11 is 1.40. The highest BCUT2D eigenvalue weighted by Gasteiger charge is 2.13. The van der Waals surface area contributed by atoms with Crippen molar-refractivity contribution < 1.29 is 4.79 Å². The average Bonchev–Trinajstić information content (AvgIpc) is 2.67. The molecule has 100 valence electrons. The predicted molar refractivity (Wildman–Crippen MR) is 72.6 cm³/mol. The summed E-state index contributed by atoms with van der Waals surface area (Å²) in [5, 5.41) is 0.859. The zero-order valence-corrected chi connectivity index (χ0v) is 11.4. The fourth-order valence-electron chi connectivity index (χ4n) is 1.81. The van der Waals surface area contributed by atoms with Gasteiger partial charge in [0.15, 0.2) is 0 Å². The van der Waals surface area contributed by atoms with Gasteiger partial charge in [0.2, 0.25) is 0 Å². The fraction of sp³-hybridized carbons (Fsp3) is 0.333. The largest absolute Gasteiger partial charge is 0.328 e. The maximum atomic E-state index is 11.9. The van der Waals surface area contributed by atoms with Crippen molar-refractivity contribution in [3.63, 3.8) is 0 Å². The maximum Gasteiger partial charge on any atom is 0.328 e. The molecule has 6 nitrogen and oxygen atoms in total. The summed E-state index contributed by atoms with van der Waals surface area (Å²) < 4.78 is 1.33. The molecule has 0 saturated carbocycles. The summed E-state index contributed by atoms with van der Waals surface area (Å²) in [6, 6.07) is 0. The van der Waals surface area contributed by atoms with E-state index in [9.17, 15) is 14.4 Å². The Balaban J connectivity index is 2.57. The number of H-pyrrole nitrogens is 1. The van der Waals surface area contributed by atoms with Gasteiger partial charge in [-0.15, -0.1) is 11.3 Å². The van der Waals surface area contributed by atoms with Gasteiger partial charge in [0, 0.05) is 19.2 Å². The van der Waals surface area contributed by atoms with Crippen molar-refractivity contribution in [1.29, 1.82) is 0 Å². The van der Waals surface area contributed by atoms with Crippen molar-refractivity contribution in [2.75, 3.05) is 0 Å². The number of carbonyl (C=O) groups is 1. The molecule has 0 aromatic carbocycles. The zero-order valence-electron chi connectivity index (χ0n) is 10.6. The lowest BCUT2D eigenvalue weighted by Gasteiger charge is -2.04. The number of nitrogens with zero attached hydrogens (tertiary/aromatic N) is 2. The Hall–Kier alpha value is -2.02. The number of thiazole rings is 1. The molecule has 7 heteroatoms. The van der Waals surface area contributed by atoms with Crippen LogP contribution >= 0.6 is 11.3 Å². The van der Waals surface area contributed by atoms with Gasteiger partial charge in [-0.1, -0.05) is 0 Å². The Bertz CT molecular complexity index is 727. The van der Waals surface area contributed by atoms with Crippen molar-refractivity contribution in [2.24, 2.45) is 0 Å². The number of carbonyl (C=O) groups excluding carboxylic acids is 1. The molecule has 0 radical (unpaired) electrons. The fourth-order valence-corrected chi connectivity index (χ4v) is 2.74. The van der Waals surface area contributed by atoms with Gasteiger partial charge in [-0.05, 0) is 13.8 Å². The van der Waals surface area contributed by atoms with E-state index >= 15 is 0 Å². The molecule has 0 spiro atoms. The van der Waals surface area contributed by atoms with Gasteiger partial charge in [0.25, 0.3) is 5.56 Å². The number of rotatable bonds is 4. The standard InChI is InChI=1S/C12H13N3O3S/c1-7-10(19-8(2)13-7)9-6-15(4-3-5-16)12(18)14-11(9)17/h5-6H,3-4H2,1-2H3,(H,14,17,18). The molecule has 2 aromatic heterocycles. The van der Waals surface area contributed by atoms with Crippen LogP contribution in [0, 0.1) is 13.8 Å². The third kappa shape index (κ3) is 2.70. The van der Waals surface area contributed by atoms with Crippen LogP contribution in [-0.4, -0.2) is 20.8 Å². The minimum absolute atomic E-state index is 0.228. The van der Waals surface area contributed by atoms with Crippen LogP contribution in [0.25, 0.3) is 10.4 Å². The van der Waals surface area contributed by atoms with Crippen molar-refractivity contribution in [1.82, 2.24) is 14.5 Å². The highest BCUT2D eigenvalue weighted by atomic mass is 32.1. The van der Waals surface area contributed by atoms with Crippen molar-refractivity contribution in [3.05, 3.63) is 37.7 Å². The van der Waals surface area contributed by atoms with Crippen LogP contribution in [0.3, 0.4) is 0 Å². The molecule has 0 fully saturated rings. The van der Waals surface area contributed by atoms with E-state index in [1.165, 1.54) is 22.1 Å². The van der Waals surface area contributed by atoms with Gasteiger partial charge in [0.1, 0.15) is 6.29 Å². The van der Waals surface area contributed by atoms with Gasteiger partial charge in [-0.2, -0.15) is 0 Å². The second kappa shape index (κ2) is 5.31. The molecule has 0 unspecified atom stereocenters. The van der Waals surface area contributed by atoms with E-state index in [2.05, 4.69) is 9.97 Å². The zero-order chi connectivity index (χ0) is 14.0. The molecule has 0 amide bonds. The Morgan fingerprint density at radius 1 is 1.42 bits per heavy atom. The SMILES string of the molecule is Cc1nc(C)c(-c2cn(CCC=O)c(=O)[nH]c2=O)s1. The predicted octanol–water partition coefficient (Wildman–Crippen LogP) is 0.866. The second-order valence-corrected chi connectivity index (χ2v) is 5.30. The lowest BCUT2D eigenvalue weighted by atomic mass is 10.2. The van der Waals surface area contributed by atoms with Crippen LogP contribution < -0.4 is 11.2 Å². The number of hydrogen-bond donors (Lipinski definition) is 1. The van der Waals surface area contributed by atoms with Gasteiger partial charge in [-0.25, -0.2) is 9.78 Å². The summed E-state index contributed by atoms with van der Waals surface area (Å²) in [6.07, 6.45) is 2.45. The second-order valence-electron chi connectivity index (χ2n) is 4.10. The lowest BCUT2D eigenvalue weighted by Crippen LogP contribution is -2.30. The molecule has 2 heterocycles. The van der Waals surface area contributed by atoms with Crippen LogP contribution in [0.15, 0.2) is 15.8 Å². The molecule has 0 bridgehead atoms. The highest BCUT2D eigenvalue weighted by Crippen LogP contribution is 2.26. The minimum atomic E-state index is -0.505.